The van der Waals surface area contributed by atoms with Gasteiger partial charge in [-0.1, -0.05) is 6.92 Å². The van der Waals surface area contributed by atoms with Crippen molar-refractivity contribution in [3.63, 3.8) is 0 Å². The van der Waals surface area contributed by atoms with E-state index in [1.54, 1.807) is 6.20 Å². The number of likely N-dealkylation sites (tertiary alicyclic amines) is 1. The molecule has 0 saturated carbocycles. The van der Waals surface area contributed by atoms with E-state index in [4.69, 9.17) is 0 Å². The second-order valence-electron chi connectivity index (χ2n) is 4.74. The van der Waals surface area contributed by atoms with E-state index < -0.39 is 0 Å². The molecule has 2 amide bonds. The lowest BCUT2D eigenvalue weighted by Gasteiger charge is -2.30. The van der Waals surface area contributed by atoms with Crippen LogP contribution < -0.4 is 5.32 Å². The number of hydrogen-bond donors (Lipinski definition) is 1. The smallest absolute Gasteiger partial charge is 0.321 e. The van der Waals surface area contributed by atoms with Crippen LogP contribution in [0.4, 0.5) is 10.5 Å². The van der Waals surface area contributed by atoms with Gasteiger partial charge in [0.15, 0.2) is 0 Å². The lowest BCUT2D eigenvalue weighted by atomic mass is 10.00. The molecular weight excluding hydrogens is 214 g/mol. The summed E-state index contributed by atoms with van der Waals surface area (Å²) in [5.74, 6) is 0.735. The van der Waals surface area contributed by atoms with Crippen LogP contribution in [0.3, 0.4) is 0 Å². The molecule has 92 valence electrons. The number of carbonyl (C=O) groups is 1. The third-order valence-electron chi connectivity index (χ3n) is 3.32. The van der Waals surface area contributed by atoms with E-state index in [-0.39, 0.29) is 6.03 Å². The number of carbonyl (C=O) groups excluding carboxylic acids is 1. The summed E-state index contributed by atoms with van der Waals surface area (Å²) in [6, 6.07) is 3.71. The monoisotopic (exact) mass is 233 g/mol. The molecule has 2 rings (SSSR count). The predicted octanol–water partition coefficient (Wildman–Crippen LogP) is 2.65. The molecular formula is C13H19N3O. The minimum Gasteiger partial charge on any atom is -0.325 e. The summed E-state index contributed by atoms with van der Waals surface area (Å²) < 4.78 is 0. The highest BCUT2D eigenvalue weighted by Gasteiger charge is 2.20. The third kappa shape index (κ3) is 2.96. The maximum Gasteiger partial charge on any atom is 0.321 e. The second kappa shape index (κ2) is 5.17. The van der Waals surface area contributed by atoms with Crippen molar-refractivity contribution in [3.05, 3.63) is 24.0 Å². The van der Waals surface area contributed by atoms with Crippen LogP contribution in [0, 0.1) is 12.8 Å². The Bertz CT molecular complexity index is 397. The zero-order chi connectivity index (χ0) is 12.3. The Kier molecular flexibility index (Phi) is 3.61. The molecule has 0 aliphatic carbocycles. The van der Waals surface area contributed by atoms with Gasteiger partial charge < -0.3 is 10.2 Å². The van der Waals surface area contributed by atoms with Crippen LogP contribution in [0.5, 0.6) is 0 Å². The summed E-state index contributed by atoms with van der Waals surface area (Å²) in [7, 11) is 0. The van der Waals surface area contributed by atoms with E-state index >= 15 is 0 Å². The average Bonchev–Trinajstić information content (AvgIpc) is 2.33. The van der Waals surface area contributed by atoms with Gasteiger partial charge in [0.25, 0.3) is 0 Å². The summed E-state index contributed by atoms with van der Waals surface area (Å²) in [4.78, 5) is 18.1. The minimum absolute atomic E-state index is 0.00648. The number of nitrogens with zero attached hydrogens (tertiary/aromatic N) is 2. The predicted molar refractivity (Wildman–Crippen MR) is 68.0 cm³/mol. The van der Waals surface area contributed by atoms with E-state index in [0.717, 1.165) is 43.2 Å². The quantitative estimate of drug-likeness (QED) is 0.810. The molecule has 1 aromatic rings. The Morgan fingerprint density at radius 3 is 2.82 bits per heavy atom. The SMILES string of the molecule is Cc1ncccc1NC(=O)N1CCC(C)CC1. The molecule has 1 saturated heterocycles. The molecule has 0 atom stereocenters. The van der Waals surface area contributed by atoms with Crippen LogP contribution in [0.1, 0.15) is 25.5 Å². The standard InChI is InChI=1S/C13H19N3O/c1-10-5-8-16(9-6-10)13(17)15-12-4-3-7-14-11(12)2/h3-4,7,10H,5-6,8-9H2,1-2H3,(H,15,17). The summed E-state index contributed by atoms with van der Waals surface area (Å²) in [6.07, 6.45) is 3.92. The lowest BCUT2D eigenvalue weighted by molar-refractivity contribution is 0.186. The minimum atomic E-state index is -0.00648. The number of urea groups is 1. The summed E-state index contributed by atoms with van der Waals surface area (Å²) >= 11 is 0. The first-order chi connectivity index (χ1) is 8.16. The van der Waals surface area contributed by atoms with Crippen molar-refractivity contribution in [1.82, 2.24) is 9.88 Å². The van der Waals surface area contributed by atoms with Crippen molar-refractivity contribution in [2.45, 2.75) is 26.7 Å². The Morgan fingerprint density at radius 1 is 1.47 bits per heavy atom. The number of piperidine rings is 1. The van der Waals surface area contributed by atoms with E-state index in [1.165, 1.54) is 0 Å². The van der Waals surface area contributed by atoms with Gasteiger partial charge in [-0.25, -0.2) is 4.79 Å². The molecule has 0 unspecified atom stereocenters. The first kappa shape index (κ1) is 11.9. The fraction of sp³-hybridized carbons (Fsp3) is 0.538. The van der Waals surface area contributed by atoms with Crippen LogP contribution in [0.25, 0.3) is 0 Å². The number of rotatable bonds is 1. The molecule has 1 aromatic heterocycles. The molecule has 0 spiro atoms. The first-order valence-corrected chi connectivity index (χ1v) is 6.14. The van der Waals surface area contributed by atoms with Gasteiger partial charge in [-0.05, 0) is 37.8 Å². The molecule has 0 aromatic carbocycles. The topological polar surface area (TPSA) is 45.2 Å². The Balaban J connectivity index is 1.95. The van der Waals surface area contributed by atoms with Crippen molar-refractivity contribution < 1.29 is 4.79 Å². The summed E-state index contributed by atoms with van der Waals surface area (Å²) in [5.41, 5.74) is 1.65. The van der Waals surface area contributed by atoms with Gasteiger partial charge in [-0.3, -0.25) is 4.98 Å². The van der Waals surface area contributed by atoms with Crippen molar-refractivity contribution >= 4 is 11.7 Å². The number of amides is 2. The second-order valence-corrected chi connectivity index (χ2v) is 4.74. The average molecular weight is 233 g/mol. The Hall–Kier alpha value is -1.58. The highest BCUT2D eigenvalue weighted by Crippen LogP contribution is 2.17. The number of nitrogens with one attached hydrogen (secondary N) is 1. The number of aryl methyl sites for hydroxylation is 1. The molecule has 0 bridgehead atoms. The van der Waals surface area contributed by atoms with Gasteiger partial charge in [0.05, 0.1) is 11.4 Å². The summed E-state index contributed by atoms with van der Waals surface area (Å²) in [5, 5.41) is 2.92. The zero-order valence-electron chi connectivity index (χ0n) is 10.4. The number of aromatic nitrogens is 1. The molecule has 4 nitrogen and oxygen atoms in total. The Morgan fingerprint density at radius 2 is 2.18 bits per heavy atom. The molecule has 1 N–H and O–H groups in total. The maximum absolute atomic E-state index is 12.0. The molecule has 0 radical (unpaired) electrons. The van der Waals surface area contributed by atoms with Gasteiger partial charge in [0, 0.05) is 19.3 Å². The molecule has 1 aliphatic heterocycles. The largest absolute Gasteiger partial charge is 0.325 e. The highest BCUT2D eigenvalue weighted by atomic mass is 16.2. The van der Waals surface area contributed by atoms with E-state index in [0.29, 0.717) is 0 Å². The van der Waals surface area contributed by atoms with Gasteiger partial charge in [0.1, 0.15) is 0 Å². The normalized spacial score (nSPS) is 16.9. The number of hydrogen-bond acceptors (Lipinski definition) is 2. The van der Waals surface area contributed by atoms with E-state index in [2.05, 4.69) is 17.2 Å². The van der Waals surface area contributed by atoms with E-state index in [1.807, 2.05) is 24.0 Å². The maximum atomic E-state index is 12.0. The van der Waals surface area contributed by atoms with Crippen molar-refractivity contribution in [2.24, 2.45) is 5.92 Å². The van der Waals surface area contributed by atoms with Gasteiger partial charge in [-0.2, -0.15) is 0 Å². The molecule has 1 aliphatic rings. The fourth-order valence-electron chi connectivity index (χ4n) is 2.02. The number of anilines is 1. The van der Waals surface area contributed by atoms with Crippen LogP contribution in [0.2, 0.25) is 0 Å². The Labute approximate surface area is 102 Å². The number of pyridine rings is 1. The highest BCUT2D eigenvalue weighted by molar-refractivity contribution is 5.89. The third-order valence-corrected chi connectivity index (χ3v) is 3.32. The van der Waals surface area contributed by atoms with E-state index in [9.17, 15) is 4.79 Å². The van der Waals surface area contributed by atoms with Gasteiger partial charge in [0.2, 0.25) is 0 Å². The molecule has 2 heterocycles. The van der Waals surface area contributed by atoms with Gasteiger partial charge in [-0.15, -0.1) is 0 Å². The van der Waals surface area contributed by atoms with Gasteiger partial charge >= 0.3 is 6.03 Å². The zero-order valence-corrected chi connectivity index (χ0v) is 10.4. The first-order valence-electron chi connectivity index (χ1n) is 6.14. The lowest BCUT2D eigenvalue weighted by Crippen LogP contribution is -2.40. The van der Waals surface area contributed by atoms with Crippen molar-refractivity contribution in [3.8, 4) is 0 Å². The molecule has 1 fully saturated rings. The molecule has 17 heavy (non-hydrogen) atoms. The molecule has 4 heteroatoms. The van der Waals surface area contributed by atoms with Crippen LogP contribution >= 0.6 is 0 Å². The van der Waals surface area contributed by atoms with Crippen LogP contribution in [-0.4, -0.2) is 29.0 Å². The fourth-order valence-corrected chi connectivity index (χ4v) is 2.02. The summed E-state index contributed by atoms with van der Waals surface area (Å²) in [6.45, 7) is 5.84. The van der Waals surface area contributed by atoms with Crippen LogP contribution in [-0.2, 0) is 0 Å². The van der Waals surface area contributed by atoms with Crippen molar-refractivity contribution in [2.75, 3.05) is 18.4 Å². The van der Waals surface area contributed by atoms with Crippen LogP contribution in [0.15, 0.2) is 18.3 Å². The van der Waals surface area contributed by atoms with Crippen molar-refractivity contribution in [1.29, 1.82) is 0 Å².